The molecule has 2 N–H and O–H groups in total. The maximum Gasteiger partial charge on any atom is 0.407 e. The average molecular weight is 145 g/mol. The van der Waals surface area contributed by atoms with Crippen molar-refractivity contribution >= 4 is 12.1 Å². The molecule has 1 saturated heterocycles. The highest BCUT2D eigenvalue weighted by atomic mass is 16.6. The topological polar surface area (TPSA) is 75.6 Å². The maximum absolute atomic E-state index is 10.4. The van der Waals surface area contributed by atoms with Crippen LogP contribution in [0.3, 0.4) is 0 Å². The van der Waals surface area contributed by atoms with Crippen LogP contribution in [0.25, 0.3) is 0 Å². The van der Waals surface area contributed by atoms with Gasteiger partial charge in [-0.05, 0) is 0 Å². The molecule has 1 unspecified atom stereocenters. The van der Waals surface area contributed by atoms with Crippen LogP contribution in [0.2, 0.25) is 0 Å². The van der Waals surface area contributed by atoms with E-state index in [9.17, 15) is 9.59 Å². The first-order chi connectivity index (χ1) is 4.70. The average Bonchev–Trinajstić information content (AvgIpc) is 1.88. The molecule has 1 rings (SSSR count). The van der Waals surface area contributed by atoms with Gasteiger partial charge in [-0.3, -0.25) is 0 Å². The molecule has 0 aromatic carbocycles. The number of rotatable bonds is 1. The van der Waals surface area contributed by atoms with E-state index in [-0.39, 0.29) is 6.61 Å². The number of hydrogen-bond donors (Lipinski definition) is 2. The molecule has 56 valence electrons. The van der Waals surface area contributed by atoms with E-state index in [0.717, 1.165) is 0 Å². The SMILES string of the molecule is O=C1NC(C(=O)O)CCO1. The summed E-state index contributed by atoms with van der Waals surface area (Å²) < 4.78 is 4.44. The van der Waals surface area contributed by atoms with Crippen LogP contribution in [-0.4, -0.2) is 29.8 Å². The quantitative estimate of drug-likeness (QED) is 0.525. The highest BCUT2D eigenvalue weighted by Gasteiger charge is 2.24. The van der Waals surface area contributed by atoms with Gasteiger partial charge in [-0.25, -0.2) is 9.59 Å². The van der Waals surface area contributed by atoms with Crippen LogP contribution < -0.4 is 5.32 Å². The van der Waals surface area contributed by atoms with Crippen LogP contribution in [0.4, 0.5) is 4.79 Å². The number of aliphatic carboxylic acids is 1. The minimum absolute atomic E-state index is 0.183. The zero-order valence-electron chi connectivity index (χ0n) is 5.16. The summed E-state index contributed by atoms with van der Waals surface area (Å²) in [5.74, 6) is -1.02. The Labute approximate surface area is 57.0 Å². The largest absolute Gasteiger partial charge is 0.480 e. The van der Waals surface area contributed by atoms with Gasteiger partial charge in [-0.15, -0.1) is 0 Å². The Balaban J connectivity index is 2.47. The number of alkyl carbamates (subject to hydrolysis) is 1. The molecular weight excluding hydrogens is 138 g/mol. The van der Waals surface area contributed by atoms with E-state index >= 15 is 0 Å². The van der Waals surface area contributed by atoms with Crippen molar-refractivity contribution < 1.29 is 19.4 Å². The molecule has 0 aliphatic carbocycles. The van der Waals surface area contributed by atoms with Gasteiger partial charge in [0.1, 0.15) is 6.04 Å². The summed E-state index contributed by atoms with van der Waals surface area (Å²) in [6.07, 6.45) is -0.320. The van der Waals surface area contributed by atoms with Gasteiger partial charge in [0, 0.05) is 6.42 Å². The van der Waals surface area contributed by atoms with Crippen LogP contribution in [0.5, 0.6) is 0 Å². The summed E-state index contributed by atoms with van der Waals surface area (Å²) in [6.45, 7) is 0.183. The van der Waals surface area contributed by atoms with E-state index in [1.54, 1.807) is 0 Å². The summed E-state index contributed by atoms with van der Waals surface area (Å²) in [5.41, 5.74) is 0. The van der Waals surface area contributed by atoms with Gasteiger partial charge in [0.15, 0.2) is 0 Å². The summed E-state index contributed by atoms with van der Waals surface area (Å²) in [4.78, 5) is 20.6. The molecule has 1 atom stereocenters. The predicted octanol–water partition coefficient (Wildman–Crippen LogP) is -0.431. The van der Waals surface area contributed by atoms with Gasteiger partial charge in [0.05, 0.1) is 6.61 Å². The number of carbonyl (C=O) groups excluding carboxylic acids is 1. The molecule has 5 heteroatoms. The molecule has 0 bridgehead atoms. The third kappa shape index (κ3) is 1.37. The molecule has 1 amide bonds. The molecule has 1 aliphatic heterocycles. The van der Waals surface area contributed by atoms with E-state index in [2.05, 4.69) is 10.1 Å². The van der Waals surface area contributed by atoms with Crippen molar-refractivity contribution in [2.24, 2.45) is 0 Å². The Morgan fingerprint density at radius 2 is 2.50 bits per heavy atom. The third-order valence-electron chi connectivity index (χ3n) is 1.23. The lowest BCUT2D eigenvalue weighted by atomic mass is 10.2. The summed E-state index contributed by atoms with van der Waals surface area (Å²) in [7, 11) is 0. The first kappa shape index (κ1) is 6.85. The summed E-state index contributed by atoms with van der Waals surface area (Å²) in [6, 6.07) is -0.777. The predicted molar refractivity (Wildman–Crippen MR) is 30.5 cm³/mol. The van der Waals surface area contributed by atoms with Crippen molar-refractivity contribution in [2.45, 2.75) is 12.5 Å². The number of cyclic esters (lactones) is 1. The Bertz CT molecular complexity index is 165. The Morgan fingerprint density at radius 1 is 1.80 bits per heavy atom. The van der Waals surface area contributed by atoms with Gasteiger partial charge in [-0.2, -0.15) is 0 Å². The van der Waals surface area contributed by atoms with Gasteiger partial charge in [-0.1, -0.05) is 0 Å². The second-order valence-corrected chi connectivity index (χ2v) is 1.96. The fraction of sp³-hybridized carbons (Fsp3) is 0.600. The van der Waals surface area contributed by atoms with E-state index in [1.165, 1.54) is 0 Å². The molecule has 0 aromatic rings. The fourth-order valence-corrected chi connectivity index (χ4v) is 0.711. The van der Waals surface area contributed by atoms with Gasteiger partial charge in [0.25, 0.3) is 0 Å². The Morgan fingerprint density at radius 3 is 2.90 bits per heavy atom. The number of carboxylic acids is 1. The normalized spacial score (nSPS) is 24.8. The standard InChI is InChI=1S/C5H7NO4/c7-4(8)3-1-2-10-5(9)6-3/h3H,1-2H2,(H,6,9)(H,7,8). The monoisotopic (exact) mass is 145 g/mol. The van der Waals surface area contributed by atoms with Gasteiger partial charge in [0.2, 0.25) is 0 Å². The van der Waals surface area contributed by atoms with Crippen molar-refractivity contribution in [3.8, 4) is 0 Å². The molecule has 1 fully saturated rings. The molecule has 10 heavy (non-hydrogen) atoms. The Kier molecular flexibility index (Phi) is 1.75. The summed E-state index contributed by atoms with van der Waals surface area (Å²) in [5, 5.41) is 10.5. The van der Waals surface area contributed by atoms with Gasteiger partial charge < -0.3 is 15.2 Å². The van der Waals surface area contributed by atoms with Crippen LogP contribution in [0, 0.1) is 0 Å². The van der Waals surface area contributed by atoms with E-state index < -0.39 is 18.1 Å². The number of hydrogen-bond acceptors (Lipinski definition) is 3. The number of amides is 1. The minimum atomic E-state index is -1.02. The number of nitrogens with one attached hydrogen (secondary N) is 1. The van der Waals surface area contributed by atoms with E-state index in [4.69, 9.17) is 5.11 Å². The highest BCUT2D eigenvalue weighted by Crippen LogP contribution is 2.00. The Hall–Kier alpha value is -1.26. The van der Waals surface area contributed by atoms with Crippen molar-refractivity contribution in [1.29, 1.82) is 0 Å². The van der Waals surface area contributed by atoms with E-state index in [1.807, 2.05) is 0 Å². The molecule has 0 saturated carbocycles. The number of carbonyl (C=O) groups is 2. The fourth-order valence-electron chi connectivity index (χ4n) is 0.711. The lowest BCUT2D eigenvalue weighted by molar-refractivity contribution is -0.140. The van der Waals surface area contributed by atoms with Gasteiger partial charge >= 0.3 is 12.1 Å². The van der Waals surface area contributed by atoms with Crippen molar-refractivity contribution in [3.05, 3.63) is 0 Å². The highest BCUT2D eigenvalue weighted by molar-refractivity contribution is 5.80. The number of ether oxygens (including phenoxy) is 1. The zero-order valence-corrected chi connectivity index (χ0v) is 5.16. The minimum Gasteiger partial charge on any atom is -0.480 e. The molecule has 1 aliphatic rings. The zero-order chi connectivity index (χ0) is 7.56. The second kappa shape index (κ2) is 2.55. The molecule has 1 heterocycles. The third-order valence-corrected chi connectivity index (χ3v) is 1.23. The molecular formula is C5H7NO4. The maximum atomic E-state index is 10.4. The lowest BCUT2D eigenvalue weighted by Gasteiger charge is -2.19. The second-order valence-electron chi connectivity index (χ2n) is 1.96. The molecule has 0 aromatic heterocycles. The molecule has 0 radical (unpaired) electrons. The van der Waals surface area contributed by atoms with Crippen LogP contribution in [0.1, 0.15) is 6.42 Å². The van der Waals surface area contributed by atoms with Crippen LogP contribution >= 0.6 is 0 Å². The number of carboxylic acid groups (broad SMARTS) is 1. The summed E-state index contributed by atoms with van der Waals surface area (Å²) >= 11 is 0. The van der Waals surface area contributed by atoms with Crippen LogP contribution in [-0.2, 0) is 9.53 Å². The first-order valence-corrected chi connectivity index (χ1v) is 2.86. The van der Waals surface area contributed by atoms with Crippen LogP contribution in [0.15, 0.2) is 0 Å². The van der Waals surface area contributed by atoms with Crippen molar-refractivity contribution in [2.75, 3.05) is 6.61 Å². The van der Waals surface area contributed by atoms with Crippen molar-refractivity contribution in [3.63, 3.8) is 0 Å². The van der Waals surface area contributed by atoms with Crippen molar-refractivity contribution in [1.82, 2.24) is 5.32 Å². The first-order valence-electron chi connectivity index (χ1n) is 2.86. The smallest absolute Gasteiger partial charge is 0.407 e. The molecule has 5 nitrogen and oxygen atoms in total. The molecule has 0 spiro atoms. The lowest BCUT2D eigenvalue weighted by Crippen LogP contribution is -2.45. The van der Waals surface area contributed by atoms with E-state index in [0.29, 0.717) is 6.42 Å².